The van der Waals surface area contributed by atoms with E-state index in [1.54, 1.807) is 13.0 Å². The summed E-state index contributed by atoms with van der Waals surface area (Å²) in [5.41, 5.74) is 0.833. The van der Waals surface area contributed by atoms with Crippen LogP contribution in [0.3, 0.4) is 0 Å². The van der Waals surface area contributed by atoms with E-state index in [-0.39, 0.29) is 5.78 Å². The fraction of sp³-hybridized carbons (Fsp3) is 0.333. The predicted molar refractivity (Wildman–Crippen MR) is 59.0 cm³/mol. The van der Waals surface area contributed by atoms with Crippen LogP contribution < -0.4 is 4.74 Å². The number of ketones is 1. The molecule has 0 N–H and O–H groups in total. The van der Waals surface area contributed by atoms with E-state index in [4.69, 9.17) is 9.47 Å². The minimum Gasteiger partial charge on any atom is -0.496 e. The number of hydrogen-bond acceptors (Lipinski definition) is 4. The van der Waals surface area contributed by atoms with Crippen molar-refractivity contribution in [3.63, 3.8) is 0 Å². The van der Waals surface area contributed by atoms with Crippen molar-refractivity contribution in [3.05, 3.63) is 29.3 Å². The summed E-state index contributed by atoms with van der Waals surface area (Å²) in [6, 6.07) is 4.65. The molecule has 0 aliphatic heterocycles. The minimum absolute atomic E-state index is 0.0753. The third-order valence-corrected chi connectivity index (χ3v) is 2.10. The Hall–Kier alpha value is -1.84. The van der Waals surface area contributed by atoms with Crippen molar-refractivity contribution in [2.75, 3.05) is 13.7 Å². The van der Waals surface area contributed by atoms with Crippen molar-refractivity contribution in [1.82, 2.24) is 0 Å². The molecule has 0 aliphatic rings. The highest BCUT2D eigenvalue weighted by Crippen LogP contribution is 2.21. The number of ether oxygens (including phenoxy) is 2. The van der Waals surface area contributed by atoms with Crippen LogP contribution in [0.1, 0.15) is 34.6 Å². The molecule has 0 bridgehead atoms. The van der Waals surface area contributed by atoms with Crippen molar-refractivity contribution < 1.29 is 19.1 Å². The number of carbonyl (C=O) groups is 2. The van der Waals surface area contributed by atoms with Gasteiger partial charge in [-0.15, -0.1) is 0 Å². The molecule has 0 saturated heterocycles. The van der Waals surface area contributed by atoms with Gasteiger partial charge in [-0.05, 0) is 26.0 Å². The first-order valence-corrected chi connectivity index (χ1v) is 4.96. The lowest BCUT2D eigenvalue weighted by molar-refractivity contribution is 0.0522. The van der Waals surface area contributed by atoms with Gasteiger partial charge in [-0.2, -0.15) is 0 Å². The van der Waals surface area contributed by atoms with E-state index in [2.05, 4.69) is 0 Å². The fourth-order valence-corrected chi connectivity index (χ4v) is 1.29. The Labute approximate surface area is 94.2 Å². The quantitative estimate of drug-likeness (QED) is 0.578. The van der Waals surface area contributed by atoms with Crippen molar-refractivity contribution in [1.29, 1.82) is 0 Å². The van der Waals surface area contributed by atoms with Gasteiger partial charge in [0.2, 0.25) is 0 Å². The van der Waals surface area contributed by atoms with E-state index >= 15 is 0 Å². The lowest BCUT2D eigenvalue weighted by Gasteiger charge is -2.08. The van der Waals surface area contributed by atoms with Crippen LogP contribution in [0.4, 0.5) is 0 Å². The summed E-state index contributed by atoms with van der Waals surface area (Å²) < 4.78 is 9.92. The van der Waals surface area contributed by atoms with Gasteiger partial charge in [0.05, 0.1) is 13.7 Å². The first-order chi connectivity index (χ1) is 7.60. The molecule has 0 amide bonds. The molecule has 0 saturated carbocycles. The summed E-state index contributed by atoms with van der Waals surface area (Å²) in [6.45, 7) is 3.49. The molecule has 16 heavy (non-hydrogen) atoms. The molecule has 0 radical (unpaired) electrons. The van der Waals surface area contributed by atoms with E-state index in [0.29, 0.717) is 23.5 Å². The number of esters is 1. The first-order valence-electron chi connectivity index (χ1n) is 4.96. The normalized spacial score (nSPS) is 9.69. The molecule has 4 heteroatoms. The van der Waals surface area contributed by atoms with E-state index in [1.807, 2.05) is 0 Å². The highest BCUT2D eigenvalue weighted by molar-refractivity contribution is 5.98. The zero-order chi connectivity index (χ0) is 12.1. The maximum absolute atomic E-state index is 11.5. The van der Waals surface area contributed by atoms with Gasteiger partial charge >= 0.3 is 5.97 Å². The van der Waals surface area contributed by atoms with Gasteiger partial charge in [0.15, 0.2) is 5.78 Å². The SMILES string of the molecule is CCOC(=O)c1ccc(C(C)=O)cc1OC. The second kappa shape index (κ2) is 5.30. The number of hydrogen-bond donors (Lipinski definition) is 0. The van der Waals surface area contributed by atoms with Crippen LogP contribution in [-0.4, -0.2) is 25.5 Å². The molecule has 1 aromatic carbocycles. The second-order valence-electron chi connectivity index (χ2n) is 3.19. The van der Waals surface area contributed by atoms with Crippen molar-refractivity contribution in [2.45, 2.75) is 13.8 Å². The van der Waals surface area contributed by atoms with Crippen LogP contribution in [0.2, 0.25) is 0 Å². The lowest BCUT2D eigenvalue weighted by atomic mass is 10.1. The molecule has 0 fully saturated rings. The molecule has 0 spiro atoms. The summed E-state index contributed by atoms with van der Waals surface area (Å²) in [5, 5.41) is 0. The van der Waals surface area contributed by atoms with Crippen LogP contribution in [0.25, 0.3) is 0 Å². The Morgan fingerprint density at radius 2 is 2.00 bits per heavy atom. The maximum atomic E-state index is 11.5. The number of Topliss-reactive ketones (excluding diaryl/α,β-unsaturated/α-hetero) is 1. The van der Waals surface area contributed by atoms with Crippen LogP contribution in [0, 0.1) is 0 Å². The van der Waals surface area contributed by atoms with Gasteiger partial charge in [-0.1, -0.05) is 6.07 Å². The monoisotopic (exact) mass is 222 g/mol. The number of benzene rings is 1. The topological polar surface area (TPSA) is 52.6 Å². The standard InChI is InChI=1S/C12H14O4/c1-4-16-12(14)10-6-5-9(8(2)13)7-11(10)15-3/h5-7H,4H2,1-3H3. The Bertz CT molecular complexity index is 409. The summed E-state index contributed by atoms with van der Waals surface area (Å²) in [4.78, 5) is 22.7. The zero-order valence-electron chi connectivity index (χ0n) is 9.57. The summed E-state index contributed by atoms with van der Waals surface area (Å²) in [6.07, 6.45) is 0. The smallest absolute Gasteiger partial charge is 0.341 e. The molecule has 0 unspecified atom stereocenters. The highest BCUT2D eigenvalue weighted by atomic mass is 16.5. The fourth-order valence-electron chi connectivity index (χ4n) is 1.29. The van der Waals surface area contributed by atoms with Crippen LogP contribution in [-0.2, 0) is 4.74 Å². The summed E-state index contributed by atoms with van der Waals surface area (Å²) >= 11 is 0. The molecular weight excluding hydrogens is 208 g/mol. The van der Waals surface area contributed by atoms with Gasteiger partial charge in [0, 0.05) is 5.56 Å². The molecule has 0 heterocycles. The molecule has 0 atom stereocenters. The second-order valence-corrected chi connectivity index (χ2v) is 3.19. The largest absolute Gasteiger partial charge is 0.496 e. The average Bonchev–Trinajstić information content (AvgIpc) is 2.28. The summed E-state index contributed by atoms with van der Waals surface area (Å²) in [5.74, 6) is -0.172. The molecule has 1 rings (SSSR count). The molecule has 0 aromatic heterocycles. The first kappa shape index (κ1) is 12.2. The highest BCUT2D eigenvalue weighted by Gasteiger charge is 2.14. The van der Waals surface area contributed by atoms with Gasteiger partial charge in [-0.3, -0.25) is 4.79 Å². The predicted octanol–water partition coefficient (Wildman–Crippen LogP) is 2.07. The van der Waals surface area contributed by atoms with E-state index < -0.39 is 5.97 Å². The average molecular weight is 222 g/mol. The van der Waals surface area contributed by atoms with Gasteiger partial charge in [0.1, 0.15) is 11.3 Å². The Morgan fingerprint density at radius 1 is 1.31 bits per heavy atom. The van der Waals surface area contributed by atoms with Gasteiger partial charge in [0.25, 0.3) is 0 Å². The lowest BCUT2D eigenvalue weighted by Crippen LogP contribution is -2.07. The molecule has 1 aromatic rings. The number of carbonyl (C=O) groups excluding carboxylic acids is 2. The Kier molecular flexibility index (Phi) is 4.05. The maximum Gasteiger partial charge on any atom is 0.341 e. The van der Waals surface area contributed by atoms with Crippen molar-refractivity contribution >= 4 is 11.8 Å². The van der Waals surface area contributed by atoms with Crippen LogP contribution >= 0.6 is 0 Å². The van der Waals surface area contributed by atoms with Gasteiger partial charge < -0.3 is 9.47 Å². The van der Waals surface area contributed by atoms with E-state index in [1.165, 1.54) is 26.2 Å². The Balaban J connectivity index is 3.11. The number of methoxy groups -OCH3 is 1. The van der Waals surface area contributed by atoms with Crippen LogP contribution in [0.15, 0.2) is 18.2 Å². The third kappa shape index (κ3) is 2.59. The number of rotatable bonds is 4. The van der Waals surface area contributed by atoms with Crippen LogP contribution in [0.5, 0.6) is 5.75 Å². The van der Waals surface area contributed by atoms with E-state index in [0.717, 1.165) is 0 Å². The Morgan fingerprint density at radius 3 is 2.50 bits per heavy atom. The van der Waals surface area contributed by atoms with Crippen molar-refractivity contribution in [2.24, 2.45) is 0 Å². The molecule has 4 nitrogen and oxygen atoms in total. The molecular formula is C12H14O4. The summed E-state index contributed by atoms with van der Waals surface area (Å²) in [7, 11) is 1.45. The third-order valence-electron chi connectivity index (χ3n) is 2.10. The van der Waals surface area contributed by atoms with E-state index in [9.17, 15) is 9.59 Å². The minimum atomic E-state index is -0.450. The molecule has 86 valence electrons. The van der Waals surface area contributed by atoms with Gasteiger partial charge in [-0.25, -0.2) is 4.79 Å². The van der Waals surface area contributed by atoms with Crippen molar-refractivity contribution in [3.8, 4) is 5.75 Å². The zero-order valence-corrected chi connectivity index (χ0v) is 9.57. The molecule has 0 aliphatic carbocycles.